The topological polar surface area (TPSA) is 42.2 Å². The highest BCUT2D eigenvalue weighted by molar-refractivity contribution is 4.85. The number of hydrogen-bond acceptors (Lipinski definition) is 4. The molecule has 0 saturated carbocycles. The van der Waals surface area contributed by atoms with Crippen molar-refractivity contribution in [3.63, 3.8) is 0 Å². The molecule has 1 aliphatic heterocycles. The number of likely N-dealkylation sites (tertiary alicyclic amines) is 1. The Hall–Kier alpha value is -0.900. The number of aryl methyl sites for hydroxylation is 1. The van der Waals surface area contributed by atoms with E-state index in [1.807, 2.05) is 6.92 Å². The number of piperidine rings is 1. The van der Waals surface area contributed by atoms with Crippen molar-refractivity contribution >= 4 is 0 Å². The van der Waals surface area contributed by atoms with Gasteiger partial charge in [0.15, 0.2) is 5.82 Å². The van der Waals surface area contributed by atoms with E-state index in [1.54, 1.807) is 0 Å². The molecule has 0 bridgehead atoms. The molecule has 0 radical (unpaired) electrons. The molecule has 0 aromatic carbocycles. The SMILES string of the molecule is Cc1noc(CN2CCCC[C@H]2C)n1. The zero-order valence-corrected chi connectivity index (χ0v) is 8.86. The fraction of sp³-hybridized carbons (Fsp3) is 0.800. The number of aromatic nitrogens is 2. The van der Waals surface area contributed by atoms with Crippen molar-refractivity contribution < 1.29 is 4.52 Å². The summed E-state index contributed by atoms with van der Waals surface area (Å²) in [5.74, 6) is 1.47. The highest BCUT2D eigenvalue weighted by atomic mass is 16.5. The summed E-state index contributed by atoms with van der Waals surface area (Å²) < 4.78 is 5.11. The lowest BCUT2D eigenvalue weighted by Crippen LogP contribution is -2.36. The lowest BCUT2D eigenvalue weighted by Gasteiger charge is -2.31. The molecule has 4 heteroatoms. The third kappa shape index (κ3) is 2.12. The first kappa shape index (κ1) is 9.65. The maximum atomic E-state index is 5.11. The summed E-state index contributed by atoms with van der Waals surface area (Å²) in [5.41, 5.74) is 0. The predicted octanol–water partition coefficient (Wildman–Crippen LogP) is 1.75. The van der Waals surface area contributed by atoms with Crippen molar-refractivity contribution in [2.75, 3.05) is 6.54 Å². The van der Waals surface area contributed by atoms with Crippen molar-refractivity contribution in [2.45, 2.75) is 45.7 Å². The Morgan fingerprint density at radius 2 is 2.36 bits per heavy atom. The first-order valence-electron chi connectivity index (χ1n) is 5.29. The second kappa shape index (κ2) is 4.09. The van der Waals surface area contributed by atoms with Crippen LogP contribution in [0.25, 0.3) is 0 Å². The lowest BCUT2D eigenvalue weighted by atomic mass is 10.0. The van der Waals surface area contributed by atoms with Gasteiger partial charge in [0.25, 0.3) is 0 Å². The first-order valence-corrected chi connectivity index (χ1v) is 5.29. The summed E-state index contributed by atoms with van der Waals surface area (Å²) in [4.78, 5) is 6.63. The van der Waals surface area contributed by atoms with E-state index in [-0.39, 0.29) is 0 Å². The van der Waals surface area contributed by atoms with Crippen LogP contribution in [0.1, 0.15) is 37.9 Å². The van der Waals surface area contributed by atoms with Gasteiger partial charge in [0, 0.05) is 6.04 Å². The Balaban J connectivity index is 1.95. The highest BCUT2D eigenvalue weighted by Gasteiger charge is 2.20. The molecule has 0 aliphatic carbocycles. The van der Waals surface area contributed by atoms with Gasteiger partial charge in [0.1, 0.15) is 0 Å². The summed E-state index contributed by atoms with van der Waals surface area (Å²) in [7, 11) is 0. The summed E-state index contributed by atoms with van der Waals surface area (Å²) >= 11 is 0. The minimum atomic E-state index is 0.649. The molecule has 0 N–H and O–H groups in total. The van der Waals surface area contributed by atoms with Crippen molar-refractivity contribution in [3.8, 4) is 0 Å². The van der Waals surface area contributed by atoms with Gasteiger partial charge in [-0.25, -0.2) is 0 Å². The zero-order chi connectivity index (χ0) is 9.97. The summed E-state index contributed by atoms with van der Waals surface area (Å²) in [6, 6.07) is 0.649. The van der Waals surface area contributed by atoms with Crippen molar-refractivity contribution in [1.29, 1.82) is 0 Å². The molecular formula is C10H17N3O. The van der Waals surface area contributed by atoms with E-state index in [9.17, 15) is 0 Å². The van der Waals surface area contributed by atoms with Gasteiger partial charge in [-0.15, -0.1) is 0 Å². The van der Waals surface area contributed by atoms with Crippen LogP contribution in [-0.4, -0.2) is 27.6 Å². The fourth-order valence-corrected chi connectivity index (χ4v) is 1.97. The van der Waals surface area contributed by atoms with E-state index in [0.717, 1.165) is 24.8 Å². The quantitative estimate of drug-likeness (QED) is 0.721. The van der Waals surface area contributed by atoms with E-state index >= 15 is 0 Å². The van der Waals surface area contributed by atoms with E-state index in [1.165, 1.54) is 19.3 Å². The number of rotatable bonds is 2. The largest absolute Gasteiger partial charge is 0.338 e. The minimum Gasteiger partial charge on any atom is -0.338 e. The molecule has 2 rings (SSSR count). The van der Waals surface area contributed by atoms with Gasteiger partial charge in [-0.05, 0) is 33.2 Å². The standard InChI is InChI=1S/C10H17N3O/c1-8-5-3-4-6-13(8)7-10-11-9(2)12-14-10/h8H,3-7H2,1-2H3/t8-/m1/s1. The Labute approximate surface area is 84.3 Å². The zero-order valence-electron chi connectivity index (χ0n) is 8.86. The van der Waals surface area contributed by atoms with Gasteiger partial charge >= 0.3 is 0 Å². The first-order chi connectivity index (χ1) is 6.75. The van der Waals surface area contributed by atoms with Crippen LogP contribution in [0.2, 0.25) is 0 Å². The second-order valence-corrected chi connectivity index (χ2v) is 4.05. The molecule has 1 saturated heterocycles. The summed E-state index contributed by atoms with van der Waals surface area (Å²) in [6.07, 6.45) is 3.92. The van der Waals surface area contributed by atoms with Gasteiger partial charge < -0.3 is 4.52 Å². The molecular weight excluding hydrogens is 178 g/mol. The molecule has 1 aromatic heterocycles. The van der Waals surface area contributed by atoms with Gasteiger partial charge in [-0.2, -0.15) is 4.98 Å². The third-order valence-electron chi connectivity index (χ3n) is 2.85. The molecule has 1 atom stereocenters. The number of hydrogen-bond donors (Lipinski definition) is 0. The van der Waals surface area contributed by atoms with Crippen LogP contribution < -0.4 is 0 Å². The van der Waals surface area contributed by atoms with Crippen LogP contribution in [0, 0.1) is 6.92 Å². The van der Waals surface area contributed by atoms with Crippen LogP contribution in [0.15, 0.2) is 4.52 Å². The van der Waals surface area contributed by atoms with Gasteiger partial charge in [0.2, 0.25) is 5.89 Å². The van der Waals surface area contributed by atoms with Crippen LogP contribution in [0.5, 0.6) is 0 Å². The van der Waals surface area contributed by atoms with Crippen LogP contribution in [0.4, 0.5) is 0 Å². The Morgan fingerprint density at radius 3 is 3.00 bits per heavy atom. The maximum absolute atomic E-state index is 5.11. The minimum absolute atomic E-state index is 0.649. The molecule has 1 aliphatic rings. The lowest BCUT2D eigenvalue weighted by molar-refractivity contribution is 0.135. The van der Waals surface area contributed by atoms with Gasteiger partial charge in [-0.3, -0.25) is 4.90 Å². The van der Waals surface area contributed by atoms with Gasteiger partial charge in [-0.1, -0.05) is 11.6 Å². The Morgan fingerprint density at radius 1 is 1.50 bits per heavy atom. The normalized spacial score (nSPS) is 24.0. The van der Waals surface area contributed by atoms with E-state index in [4.69, 9.17) is 4.52 Å². The molecule has 2 heterocycles. The molecule has 0 unspecified atom stereocenters. The molecule has 4 nitrogen and oxygen atoms in total. The van der Waals surface area contributed by atoms with Crippen LogP contribution in [0.3, 0.4) is 0 Å². The summed E-state index contributed by atoms with van der Waals surface area (Å²) in [6.45, 7) is 6.08. The molecule has 78 valence electrons. The molecule has 0 amide bonds. The average molecular weight is 195 g/mol. The smallest absolute Gasteiger partial charge is 0.240 e. The van der Waals surface area contributed by atoms with Crippen molar-refractivity contribution in [3.05, 3.63) is 11.7 Å². The highest BCUT2D eigenvalue weighted by Crippen LogP contribution is 2.18. The Bertz CT molecular complexity index is 297. The van der Waals surface area contributed by atoms with Crippen molar-refractivity contribution in [2.24, 2.45) is 0 Å². The summed E-state index contributed by atoms with van der Waals surface area (Å²) in [5, 5.41) is 3.79. The fourth-order valence-electron chi connectivity index (χ4n) is 1.97. The third-order valence-corrected chi connectivity index (χ3v) is 2.85. The second-order valence-electron chi connectivity index (χ2n) is 4.05. The molecule has 1 fully saturated rings. The molecule has 0 spiro atoms. The predicted molar refractivity (Wildman–Crippen MR) is 52.8 cm³/mol. The average Bonchev–Trinajstić information content (AvgIpc) is 2.56. The maximum Gasteiger partial charge on any atom is 0.240 e. The Kier molecular flexibility index (Phi) is 2.82. The van der Waals surface area contributed by atoms with Gasteiger partial charge in [0.05, 0.1) is 6.54 Å². The van der Waals surface area contributed by atoms with E-state index in [2.05, 4.69) is 22.0 Å². The van der Waals surface area contributed by atoms with Crippen LogP contribution in [-0.2, 0) is 6.54 Å². The van der Waals surface area contributed by atoms with Crippen LogP contribution >= 0.6 is 0 Å². The molecule has 14 heavy (non-hydrogen) atoms. The monoisotopic (exact) mass is 195 g/mol. The van der Waals surface area contributed by atoms with E-state index < -0.39 is 0 Å². The van der Waals surface area contributed by atoms with Crippen molar-refractivity contribution in [1.82, 2.24) is 15.0 Å². The number of nitrogens with zero attached hydrogens (tertiary/aromatic N) is 3. The molecule has 1 aromatic rings. The van der Waals surface area contributed by atoms with E-state index in [0.29, 0.717) is 6.04 Å².